The number of hydrogen-bond acceptors (Lipinski definition) is 4. The van der Waals surface area contributed by atoms with E-state index in [1.54, 1.807) is 23.1 Å². The molecule has 0 spiro atoms. The Hall–Kier alpha value is -1.62. The van der Waals surface area contributed by atoms with Gasteiger partial charge in [-0.2, -0.15) is 5.10 Å². The Morgan fingerprint density at radius 3 is 3.07 bits per heavy atom. The van der Waals surface area contributed by atoms with Gasteiger partial charge in [0, 0.05) is 31.5 Å². The fraction of sp³-hybridized carbons (Fsp3) is 0.222. The third kappa shape index (κ3) is 2.66. The molecule has 0 fully saturated rings. The average molecular weight is 224 g/mol. The Morgan fingerprint density at radius 2 is 2.40 bits per heavy atom. The third-order valence-electron chi connectivity index (χ3n) is 1.86. The van der Waals surface area contributed by atoms with Gasteiger partial charge in [0.2, 0.25) is 5.28 Å². The minimum absolute atomic E-state index is 0.242. The number of halogens is 1. The number of rotatable bonds is 3. The van der Waals surface area contributed by atoms with Crippen LogP contribution in [0.3, 0.4) is 0 Å². The second kappa shape index (κ2) is 4.27. The lowest BCUT2D eigenvalue weighted by molar-refractivity contribution is 0.767. The molecule has 0 saturated heterocycles. The molecule has 0 aliphatic carbocycles. The van der Waals surface area contributed by atoms with Crippen molar-refractivity contribution in [2.45, 2.75) is 6.54 Å². The summed E-state index contributed by atoms with van der Waals surface area (Å²) in [5, 5.41) is 7.43. The van der Waals surface area contributed by atoms with Crippen molar-refractivity contribution in [2.24, 2.45) is 7.05 Å². The van der Waals surface area contributed by atoms with Crippen molar-refractivity contribution in [2.75, 3.05) is 5.32 Å². The van der Waals surface area contributed by atoms with Gasteiger partial charge in [-0.05, 0) is 17.7 Å². The summed E-state index contributed by atoms with van der Waals surface area (Å²) >= 11 is 5.65. The Kier molecular flexibility index (Phi) is 2.82. The molecule has 0 unspecified atom stereocenters. The van der Waals surface area contributed by atoms with Crippen molar-refractivity contribution < 1.29 is 0 Å². The topological polar surface area (TPSA) is 55.6 Å². The van der Waals surface area contributed by atoms with Crippen LogP contribution in [0.5, 0.6) is 0 Å². The van der Waals surface area contributed by atoms with Gasteiger partial charge in [0.15, 0.2) is 0 Å². The number of nitrogens with one attached hydrogen (secondary N) is 1. The molecule has 5 nitrogen and oxygen atoms in total. The smallest absolute Gasteiger partial charge is 0.224 e. The van der Waals surface area contributed by atoms with Gasteiger partial charge in [-0.3, -0.25) is 4.68 Å². The minimum Gasteiger partial charge on any atom is -0.366 e. The monoisotopic (exact) mass is 223 g/mol. The van der Waals surface area contributed by atoms with E-state index < -0.39 is 0 Å². The van der Waals surface area contributed by atoms with Crippen LogP contribution in [0.15, 0.2) is 24.7 Å². The Bertz CT molecular complexity index is 453. The van der Waals surface area contributed by atoms with E-state index in [0.717, 1.165) is 5.56 Å². The number of aryl methyl sites for hydroxylation is 1. The molecular weight excluding hydrogens is 214 g/mol. The van der Waals surface area contributed by atoms with Crippen LogP contribution < -0.4 is 5.32 Å². The molecule has 0 amide bonds. The summed E-state index contributed by atoms with van der Waals surface area (Å²) in [7, 11) is 1.88. The van der Waals surface area contributed by atoms with Crippen LogP contribution in [0.1, 0.15) is 5.56 Å². The van der Waals surface area contributed by atoms with Crippen LogP contribution >= 0.6 is 11.6 Å². The van der Waals surface area contributed by atoms with E-state index in [2.05, 4.69) is 20.4 Å². The maximum Gasteiger partial charge on any atom is 0.224 e. The van der Waals surface area contributed by atoms with Crippen LogP contribution in [-0.4, -0.2) is 19.7 Å². The highest BCUT2D eigenvalue weighted by molar-refractivity contribution is 6.28. The van der Waals surface area contributed by atoms with Gasteiger partial charge < -0.3 is 5.32 Å². The van der Waals surface area contributed by atoms with Crippen molar-refractivity contribution in [3.05, 3.63) is 35.5 Å². The molecule has 15 heavy (non-hydrogen) atoms. The van der Waals surface area contributed by atoms with Gasteiger partial charge in [0.1, 0.15) is 5.82 Å². The quantitative estimate of drug-likeness (QED) is 0.801. The summed E-state index contributed by atoms with van der Waals surface area (Å²) in [6.07, 6.45) is 5.35. The normalized spacial score (nSPS) is 10.3. The van der Waals surface area contributed by atoms with Crippen molar-refractivity contribution >= 4 is 17.4 Å². The van der Waals surface area contributed by atoms with E-state index in [9.17, 15) is 0 Å². The average Bonchev–Trinajstić information content (AvgIpc) is 2.62. The lowest BCUT2D eigenvalue weighted by Crippen LogP contribution is -2.00. The van der Waals surface area contributed by atoms with Crippen molar-refractivity contribution in [3.63, 3.8) is 0 Å². The van der Waals surface area contributed by atoms with Gasteiger partial charge in [-0.25, -0.2) is 9.97 Å². The highest BCUT2D eigenvalue weighted by Crippen LogP contribution is 2.07. The summed E-state index contributed by atoms with van der Waals surface area (Å²) in [5.74, 6) is 0.707. The van der Waals surface area contributed by atoms with Gasteiger partial charge in [0.25, 0.3) is 0 Å². The third-order valence-corrected chi connectivity index (χ3v) is 2.04. The first-order chi connectivity index (χ1) is 7.24. The molecule has 0 saturated carbocycles. The van der Waals surface area contributed by atoms with Crippen molar-refractivity contribution in [1.29, 1.82) is 0 Å². The molecule has 2 heterocycles. The summed E-state index contributed by atoms with van der Waals surface area (Å²) in [6.45, 7) is 0.668. The summed E-state index contributed by atoms with van der Waals surface area (Å²) in [6, 6.07) is 1.77. The van der Waals surface area contributed by atoms with Crippen LogP contribution in [-0.2, 0) is 13.6 Å². The molecule has 2 aromatic heterocycles. The zero-order valence-electron chi connectivity index (χ0n) is 8.18. The Labute approximate surface area is 92.1 Å². The van der Waals surface area contributed by atoms with E-state index in [0.29, 0.717) is 12.4 Å². The first-order valence-corrected chi connectivity index (χ1v) is 4.82. The van der Waals surface area contributed by atoms with Gasteiger partial charge in [0.05, 0.1) is 6.20 Å². The molecule has 0 aromatic carbocycles. The highest BCUT2D eigenvalue weighted by Gasteiger charge is 1.98. The van der Waals surface area contributed by atoms with Gasteiger partial charge in [-0.15, -0.1) is 0 Å². The molecule has 0 radical (unpaired) electrons. The largest absolute Gasteiger partial charge is 0.366 e. The molecule has 0 aliphatic heterocycles. The molecule has 78 valence electrons. The van der Waals surface area contributed by atoms with E-state index in [-0.39, 0.29) is 5.28 Å². The highest BCUT2D eigenvalue weighted by atomic mass is 35.5. The molecule has 2 aromatic rings. The maximum absolute atomic E-state index is 5.65. The second-order valence-corrected chi connectivity index (χ2v) is 3.42. The Balaban J connectivity index is 1.99. The summed E-state index contributed by atoms with van der Waals surface area (Å²) in [4.78, 5) is 7.81. The molecule has 0 bridgehead atoms. The standard InChI is InChI=1S/C9H10ClN5/c1-15-6-7(5-13-15)4-12-8-2-3-11-9(10)14-8/h2-3,5-6H,4H2,1H3,(H,11,12,14). The first-order valence-electron chi connectivity index (χ1n) is 4.44. The zero-order chi connectivity index (χ0) is 10.7. The fourth-order valence-electron chi connectivity index (χ4n) is 1.19. The van der Waals surface area contributed by atoms with E-state index >= 15 is 0 Å². The Morgan fingerprint density at radius 1 is 1.53 bits per heavy atom. The van der Waals surface area contributed by atoms with Gasteiger partial charge >= 0.3 is 0 Å². The predicted molar refractivity (Wildman–Crippen MR) is 57.6 cm³/mol. The van der Waals surface area contributed by atoms with E-state index in [1.807, 2.05) is 13.2 Å². The number of nitrogens with zero attached hydrogens (tertiary/aromatic N) is 4. The van der Waals surface area contributed by atoms with Crippen LogP contribution in [0.25, 0.3) is 0 Å². The van der Waals surface area contributed by atoms with Crippen molar-refractivity contribution in [1.82, 2.24) is 19.7 Å². The molecule has 6 heteroatoms. The van der Waals surface area contributed by atoms with Crippen LogP contribution in [0.4, 0.5) is 5.82 Å². The van der Waals surface area contributed by atoms with Crippen LogP contribution in [0, 0.1) is 0 Å². The number of aromatic nitrogens is 4. The molecule has 2 rings (SSSR count). The lowest BCUT2D eigenvalue weighted by Gasteiger charge is -2.02. The van der Waals surface area contributed by atoms with E-state index in [1.165, 1.54) is 0 Å². The molecule has 1 N–H and O–H groups in total. The molecule has 0 atom stereocenters. The van der Waals surface area contributed by atoms with Crippen LogP contribution in [0.2, 0.25) is 5.28 Å². The molecular formula is C9H10ClN5. The fourth-order valence-corrected chi connectivity index (χ4v) is 1.34. The second-order valence-electron chi connectivity index (χ2n) is 3.09. The van der Waals surface area contributed by atoms with Gasteiger partial charge in [-0.1, -0.05) is 0 Å². The number of hydrogen-bond donors (Lipinski definition) is 1. The summed E-state index contributed by atoms with van der Waals surface area (Å²) in [5.41, 5.74) is 1.09. The van der Waals surface area contributed by atoms with E-state index in [4.69, 9.17) is 11.6 Å². The first kappa shape index (κ1) is 9.92. The maximum atomic E-state index is 5.65. The minimum atomic E-state index is 0.242. The SMILES string of the molecule is Cn1cc(CNc2ccnc(Cl)n2)cn1. The lowest BCUT2D eigenvalue weighted by atomic mass is 10.3. The predicted octanol–water partition coefficient (Wildman–Crippen LogP) is 1.48. The number of anilines is 1. The van der Waals surface area contributed by atoms with Crippen molar-refractivity contribution in [3.8, 4) is 0 Å². The summed E-state index contributed by atoms with van der Waals surface area (Å²) < 4.78 is 1.75. The molecule has 0 aliphatic rings. The zero-order valence-corrected chi connectivity index (χ0v) is 8.94.